The third-order valence-corrected chi connectivity index (χ3v) is 6.74. The number of aryl methyl sites for hydroxylation is 1. The van der Waals surface area contributed by atoms with Gasteiger partial charge in [-0.25, -0.2) is 13.4 Å². The van der Waals surface area contributed by atoms with Crippen molar-refractivity contribution >= 4 is 20.9 Å². The molecule has 1 heterocycles. The number of oxazole rings is 1. The van der Waals surface area contributed by atoms with Gasteiger partial charge in [0, 0.05) is 5.92 Å². The Morgan fingerprint density at radius 1 is 0.960 bits per heavy atom. The lowest BCUT2D eigenvalue weighted by Gasteiger charge is -2.17. The first-order valence-electron chi connectivity index (χ1n) is 8.76. The molecule has 0 amide bonds. The quantitative estimate of drug-likeness (QED) is 0.662. The molecule has 4 rings (SSSR count). The Labute approximate surface area is 147 Å². The van der Waals surface area contributed by atoms with E-state index in [0.717, 1.165) is 24.3 Å². The van der Waals surface area contributed by atoms with Gasteiger partial charge >= 0.3 is 0 Å². The lowest BCUT2D eigenvalue weighted by molar-refractivity contribution is 0.373. The van der Waals surface area contributed by atoms with E-state index in [1.165, 1.54) is 19.3 Å². The molecule has 5 heteroatoms. The molecule has 0 N–H and O–H groups in total. The van der Waals surface area contributed by atoms with E-state index in [2.05, 4.69) is 4.98 Å². The summed E-state index contributed by atoms with van der Waals surface area (Å²) in [7, 11) is -3.54. The van der Waals surface area contributed by atoms with Crippen LogP contribution < -0.4 is 0 Å². The molecule has 0 spiro atoms. The van der Waals surface area contributed by atoms with Crippen molar-refractivity contribution in [3.8, 4) is 0 Å². The van der Waals surface area contributed by atoms with Crippen LogP contribution in [0.2, 0.25) is 0 Å². The summed E-state index contributed by atoms with van der Waals surface area (Å²) < 4.78 is 31.6. The molecule has 3 aromatic rings. The maximum Gasteiger partial charge on any atom is 0.206 e. The minimum atomic E-state index is -3.54. The zero-order chi connectivity index (χ0) is 17.4. The largest absolute Gasteiger partial charge is 0.440 e. The van der Waals surface area contributed by atoms with Crippen LogP contribution in [0.25, 0.3) is 11.1 Å². The number of sulfone groups is 1. The van der Waals surface area contributed by atoms with E-state index >= 15 is 0 Å². The minimum absolute atomic E-state index is 0.257. The average molecular weight is 355 g/mol. The standard InChI is InChI=1S/C20H21NO3S/c1-14-7-9-16(10-8-14)25(22,23)17-11-12-19-18(13-17)21-20(24-19)15-5-3-2-4-6-15/h7-13,15H,2-6H2,1H3. The molecule has 0 atom stereocenters. The van der Waals surface area contributed by atoms with Crippen molar-refractivity contribution in [3.63, 3.8) is 0 Å². The number of hydrogen-bond donors (Lipinski definition) is 0. The van der Waals surface area contributed by atoms with Crippen LogP contribution in [0.3, 0.4) is 0 Å². The van der Waals surface area contributed by atoms with Crippen LogP contribution in [0.1, 0.15) is 49.5 Å². The van der Waals surface area contributed by atoms with Crippen LogP contribution in [0.5, 0.6) is 0 Å². The number of rotatable bonds is 3. The lowest BCUT2D eigenvalue weighted by Crippen LogP contribution is -2.04. The fourth-order valence-corrected chi connectivity index (χ4v) is 4.75. The van der Waals surface area contributed by atoms with Crippen molar-refractivity contribution in [2.75, 3.05) is 0 Å². The van der Waals surface area contributed by atoms with Crippen LogP contribution in [-0.4, -0.2) is 13.4 Å². The van der Waals surface area contributed by atoms with Gasteiger partial charge in [0.25, 0.3) is 0 Å². The number of benzene rings is 2. The van der Waals surface area contributed by atoms with Gasteiger partial charge in [-0.1, -0.05) is 37.0 Å². The van der Waals surface area contributed by atoms with Gasteiger partial charge < -0.3 is 4.42 Å². The summed E-state index contributed by atoms with van der Waals surface area (Å²) in [5, 5.41) is 0. The van der Waals surface area contributed by atoms with E-state index in [1.807, 2.05) is 19.1 Å². The van der Waals surface area contributed by atoms with Crippen molar-refractivity contribution < 1.29 is 12.8 Å². The van der Waals surface area contributed by atoms with Crippen LogP contribution in [0.4, 0.5) is 0 Å². The Morgan fingerprint density at radius 2 is 1.64 bits per heavy atom. The lowest BCUT2D eigenvalue weighted by atomic mass is 9.89. The average Bonchev–Trinajstić information content (AvgIpc) is 3.06. The van der Waals surface area contributed by atoms with Crippen LogP contribution in [0.15, 0.2) is 56.7 Å². The van der Waals surface area contributed by atoms with Gasteiger partial charge in [-0.2, -0.15) is 0 Å². The number of nitrogens with zero attached hydrogens (tertiary/aromatic N) is 1. The Hall–Kier alpha value is -2.14. The van der Waals surface area contributed by atoms with E-state index < -0.39 is 9.84 Å². The van der Waals surface area contributed by atoms with E-state index in [0.29, 0.717) is 21.9 Å². The highest BCUT2D eigenvalue weighted by atomic mass is 32.2. The van der Waals surface area contributed by atoms with Crippen molar-refractivity contribution in [1.29, 1.82) is 0 Å². The second kappa shape index (κ2) is 6.30. The monoisotopic (exact) mass is 355 g/mol. The first-order valence-corrected chi connectivity index (χ1v) is 10.2. The molecule has 0 bridgehead atoms. The maximum absolute atomic E-state index is 12.8. The highest BCUT2D eigenvalue weighted by Gasteiger charge is 2.23. The van der Waals surface area contributed by atoms with Gasteiger partial charge in [0.2, 0.25) is 9.84 Å². The van der Waals surface area contributed by atoms with Crippen molar-refractivity contribution in [2.45, 2.75) is 54.7 Å². The fourth-order valence-electron chi connectivity index (χ4n) is 3.47. The summed E-state index contributed by atoms with van der Waals surface area (Å²) in [5.41, 5.74) is 2.31. The molecule has 1 fully saturated rings. The second-order valence-corrected chi connectivity index (χ2v) is 8.78. The van der Waals surface area contributed by atoms with Crippen molar-refractivity contribution in [1.82, 2.24) is 4.98 Å². The summed E-state index contributed by atoms with van der Waals surface area (Å²) in [5.74, 6) is 1.11. The normalized spacial score (nSPS) is 16.4. The predicted molar refractivity (Wildman–Crippen MR) is 96.5 cm³/mol. The van der Waals surface area contributed by atoms with Crippen LogP contribution >= 0.6 is 0 Å². The third-order valence-electron chi connectivity index (χ3n) is 4.97. The zero-order valence-corrected chi connectivity index (χ0v) is 15.1. The molecule has 25 heavy (non-hydrogen) atoms. The van der Waals surface area contributed by atoms with Crippen molar-refractivity contribution in [3.05, 3.63) is 53.9 Å². The Kier molecular flexibility index (Phi) is 4.12. The number of aromatic nitrogens is 1. The van der Waals surface area contributed by atoms with Gasteiger partial charge in [0.05, 0.1) is 9.79 Å². The minimum Gasteiger partial charge on any atom is -0.440 e. The number of fused-ring (bicyclic) bond motifs is 1. The highest BCUT2D eigenvalue weighted by molar-refractivity contribution is 7.91. The Bertz CT molecular complexity index is 997. The smallest absolute Gasteiger partial charge is 0.206 e. The molecule has 0 aliphatic heterocycles. The molecule has 0 unspecified atom stereocenters. The maximum atomic E-state index is 12.8. The highest BCUT2D eigenvalue weighted by Crippen LogP contribution is 2.34. The van der Waals surface area contributed by atoms with E-state index in [9.17, 15) is 8.42 Å². The van der Waals surface area contributed by atoms with Gasteiger partial charge in [-0.3, -0.25) is 0 Å². The summed E-state index contributed by atoms with van der Waals surface area (Å²) >= 11 is 0. The summed E-state index contributed by atoms with van der Waals surface area (Å²) in [6, 6.07) is 11.9. The molecule has 2 aromatic carbocycles. The fraction of sp³-hybridized carbons (Fsp3) is 0.350. The van der Waals surface area contributed by atoms with E-state index in [-0.39, 0.29) is 4.90 Å². The summed E-state index contributed by atoms with van der Waals surface area (Å²) in [6.07, 6.45) is 5.88. The molecule has 1 aliphatic rings. The van der Waals surface area contributed by atoms with Crippen LogP contribution in [-0.2, 0) is 9.84 Å². The molecule has 1 aliphatic carbocycles. The second-order valence-electron chi connectivity index (χ2n) is 6.83. The van der Waals surface area contributed by atoms with E-state index in [4.69, 9.17) is 4.42 Å². The molecule has 1 saturated carbocycles. The molecule has 0 saturated heterocycles. The summed E-state index contributed by atoms with van der Waals surface area (Å²) in [6.45, 7) is 1.94. The third kappa shape index (κ3) is 3.09. The van der Waals surface area contributed by atoms with E-state index in [1.54, 1.807) is 30.3 Å². The first-order chi connectivity index (χ1) is 12.0. The van der Waals surface area contributed by atoms with Gasteiger partial charge in [-0.15, -0.1) is 0 Å². The van der Waals surface area contributed by atoms with Crippen molar-refractivity contribution in [2.24, 2.45) is 0 Å². The molecule has 0 radical (unpaired) electrons. The van der Waals surface area contributed by atoms with Gasteiger partial charge in [0.15, 0.2) is 11.5 Å². The SMILES string of the molecule is Cc1ccc(S(=O)(=O)c2ccc3oc(C4CCCCC4)nc3c2)cc1. The molecule has 4 nitrogen and oxygen atoms in total. The van der Waals surface area contributed by atoms with Gasteiger partial charge in [0.1, 0.15) is 5.52 Å². The topological polar surface area (TPSA) is 60.2 Å². The van der Waals surface area contributed by atoms with Gasteiger partial charge in [-0.05, 0) is 50.1 Å². The van der Waals surface area contributed by atoms with Crippen LogP contribution in [0, 0.1) is 6.92 Å². The molecule has 130 valence electrons. The molecular weight excluding hydrogens is 334 g/mol. The molecule has 1 aromatic heterocycles. The Morgan fingerprint density at radius 3 is 2.36 bits per heavy atom. The number of hydrogen-bond acceptors (Lipinski definition) is 4. The summed E-state index contributed by atoms with van der Waals surface area (Å²) in [4.78, 5) is 5.14. The Balaban J connectivity index is 1.72. The first kappa shape index (κ1) is 16.3. The zero-order valence-electron chi connectivity index (χ0n) is 14.2. The molecular formula is C20H21NO3S. The predicted octanol–water partition coefficient (Wildman–Crippen LogP) is 5.02.